The van der Waals surface area contributed by atoms with Gasteiger partial charge in [-0.1, -0.05) is 37.3 Å². The minimum absolute atomic E-state index is 0.00664. The SMILES string of the molecule is CCC(=O)NCC(=O)NCC(CCO)c1ccccc1. The van der Waals surface area contributed by atoms with Crippen LogP contribution >= 0.6 is 0 Å². The van der Waals surface area contributed by atoms with Crippen LogP contribution in [-0.2, 0) is 9.59 Å². The molecular formula is C15H22N2O3. The van der Waals surface area contributed by atoms with Gasteiger partial charge in [-0.3, -0.25) is 9.59 Å². The van der Waals surface area contributed by atoms with Crippen molar-refractivity contribution in [1.29, 1.82) is 0 Å². The van der Waals surface area contributed by atoms with E-state index in [4.69, 9.17) is 5.11 Å². The van der Waals surface area contributed by atoms with E-state index < -0.39 is 0 Å². The molecule has 0 heterocycles. The first kappa shape index (κ1) is 16.2. The van der Waals surface area contributed by atoms with Gasteiger partial charge >= 0.3 is 0 Å². The van der Waals surface area contributed by atoms with Gasteiger partial charge in [-0.15, -0.1) is 0 Å². The molecule has 0 fully saturated rings. The lowest BCUT2D eigenvalue weighted by Crippen LogP contribution is -2.38. The van der Waals surface area contributed by atoms with Gasteiger partial charge in [-0.2, -0.15) is 0 Å². The summed E-state index contributed by atoms with van der Waals surface area (Å²) >= 11 is 0. The molecule has 1 aromatic rings. The fourth-order valence-electron chi connectivity index (χ4n) is 1.87. The molecule has 0 radical (unpaired) electrons. The monoisotopic (exact) mass is 278 g/mol. The van der Waals surface area contributed by atoms with Gasteiger partial charge in [0.25, 0.3) is 0 Å². The number of carbonyl (C=O) groups is 2. The van der Waals surface area contributed by atoms with Crippen LogP contribution < -0.4 is 10.6 Å². The molecule has 5 nitrogen and oxygen atoms in total. The van der Waals surface area contributed by atoms with E-state index in [9.17, 15) is 9.59 Å². The van der Waals surface area contributed by atoms with Crippen LogP contribution in [0.5, 0.6) is 0 Å². The van der Waals surface area contributed by atoms with Gasteiger partial charge in [0.2, 0.25) is 11.8 Å². The third-order valence-electron chi connectivity index (χ3n) is 3.06. The van der Waals surface area contributed by atoms with Crippen molar-refractivity contribution in [1.82, 2.24) is 10.6 Å². The fourth-order valence-corrected chi connectivity index (χ4v) is 1.87. The molecule has 0 saturated heterocycles. The summed E-state index contributed by atoms with van der Waals surface area (Å²) in [6.07, 6.45) is 0.954. The molecule has 0 saturated carbocycles. The molecule has 3 N–H and O–H groups in total. The Morgan fingerprint density at radius 3 is 2.45 bits per heavy atom. The summed E-state index contributed by atoms with van der Waals surface area (Å²) in [4.78, 5) is 22.7. The minimum atomic E-state index is -0.217. The van der Waals surface area contributed by atoms with Gasteiger partial charge < -0.3 is 15.7 Å². The largest absolute Gasteiger partial charge is 0.396 e. The highest BCUT2D eigenvalue weighted by Gasteiger charge is 2.12. The maximum absolute atomic E-state index is 11.6. The number of carbonyl (C=O) groups excluding carboxylic acids is 2. The van der Waals surface area contributed by atoms with Crippen LogP contribution in [0.1, 0.15) is 31.2 Å². The zero-order valence-electron chi connectivity index (χ0n) is 11.8. The first-order valence-electron chi connectivity index (χ1n) is 6.86. The highest BCUT2D eigenvalue weighted by atomic mass is 16.3. The molecule has 0 bridgehead atoms. The second kappa shape index (κ2) is 9.09. The second-order valence-corrected chi connectivity index (χ2v) is 4.55. The lowest BCUT2D eigenvalue weighted by molar-refractivity contribution is -0.125. The number of hydrogen-bond acceptors (Lipinski definition) is 3. The Hall–Kier alpha value is -1.88. The average Bonchev–Trinajstić information content (AvgIpc) is 2.49. The van der Waals surface area contributed by atoms with E-state index in [1.807, 2.05) is 30.3 Å². The van der Waals surface area contributed by atoms with Gasteiger partial charge in [0, 0.05) is 25.5 Å². The van der Waals surface area contributed by atoms with Gasteiger partial charge in [0.15, 0.2) is 0 Å². The molecule has 0 aliphatic carbocycles. The third kappa shape index (κ3) is 5.84. The Morgan fingerprint density at radius 1 is 1.15 bits per heavy atom. The Kier molecular flexibility index (Phi) is 7.35. The number of amides is 2. The van der Waals surface area contributed by atoms with Crippen LogP contribution in [0.15, 0.2) is 30.3 Å². The molecule has 110 valence electrons. The Labute approximate surface area is 119 Å². The maximum atomic E-state index is 11.6. The minimum Gasteiger partial charge on any atom is -0.396 e. The number of aliphatic hydroxyl groups excluding tert-OH is 1. The van der Waals surface area contributed by atoms with Crippen molar-refractivity contribution < 1.29 is 14.7 Å². The normalized spacial score (nSPS) is 11.7. The number of rotatable bonds is 8. The first-order valence-corrected chi connectivity index (χ1v) is 6.86. The smallest absolute Gasteiger partial charge is 0.239 e. The standard InChI is InChI=1S/C15H22N2O3/c1-2-14(19)17-11-15(20)16-10-13(8-9-18)12-6-4-3-5-7-12/h3-7,13,18H,2,8-11H2,1H3,(H,16,20)(H,17,19). The molecule has 20 heavy (non-hydrogen) atoms. The van der Waals surface area contributed by atoms with Crippen molar-refractivity contribution >= 4 is 11.8 Å². The molecule has 0 aliphatic heterocycles. The zero-order chi connectivity index (χ0) is 14.8. The molecule has 5 heteroatoms. The summed E-state index contributed by atoms with van der Waals surface area (Å²) < 4.78 is 0. The van der Waals surface area contributed by atoms with Crippen molar-refractivity contribution in [3.8, 4) is 0 Å². The van der Waals surface area contributed by atoms with Gasteiger partial charge in [-0.05, 0) is 12.0 Å². The average molecular weight is 278 g/mol. The van der Waals surface area contributed by atoms with Gasteiger partial charge in [0.1, 0.15) is 0 Å². The lowest BCUT2D eigenvalue weighted by atomic mass is 9.96. The van der Waals surface area contributed by atoms with E-state index in [1.165, 1.54) is 0 Å². The molecule has 0 aromatic heterocycles. The zero-order valence-corrected chi connectivity index (χ0v) is 11.8. The van der Waals surface area contributed by atoms with Crippen LogP contribution in [-0.4, -0.2) is 36.6 Å². The van der Waals surface area contributed by atoms with Crippen LogP contribution in [0, 0.1) is 0 Å². The van der Waals surface area contributed by atoms with E-state index in [-0.39, 0.29) is 30.9 Å². The summed E-state index contributed by atoms with van der Waals surface area (Å²) in [5.74, 6) is -0.284. The summed E-state index contributed by atoms with van der Waals surface area (Å²) in [7, 11) is 0. The molecule has 1 aromatic carbocycles. The molecule has 1 rings (SSSR count). The number of aliphatic hydroxyl groups is 1. The number of hydrogen-bond donors (Lipinski definition) is 3. The van der Waals surface area contributed by atoms with Crippen molar-refractivity contribution in [3.05, 3.63) is 35.9 Å². The third-order valence-corrected chi connectivity index (χ3v) is 3.06. The molecular weight excluding hydrogens is 256 g/mol. The highest BCUT2D eigenvalue weighted by Crippen LogP contribution is 2.17. The van der Waals surface area contributed by atoms with Crippen molar-refractivity contribution in [2.24, 2.45) is 0 Å². The quantitative estimate of drug-likeness (QED) is 0.658. The van der Waals surface area contributed by atoms with E-state index in [1.54, 1.807) is 6.92 Å². The van der Waals surface area contributed by atoms with Gasteiger partial charge in [0.05, 0.1) is 6.54 Å². The van der Waals surface area contributed by atoms with Crippen molar-refractivity contribution in [2.45, 2.75) is 25.7 Å². The lowest BCUT2D eigenvalue weighted by Gasteiger charge is -2.17. The van der Waals surface area contributed by atoms with E-state index in [0.29, 0.717) is 19.4 Å². The van der Waals surface area contributed by atoms with Crippen molar-refractivity contribution in [3.63, 3.8) is 0 Å². The summed E-state index contributed by atoms with van der Waals surface area (Å²) in [5, 5.41) is 14.4. The Balaban J connectivity index is 2.43. The predicted molar refractivity (Wildman–Crippen MR) is 77.2 cm³/mol. The fraction of sp³-hybridized carbons (Fsp3) is 0.467. The molecule has 0 spiro atoms. The van der Waals surface area contributed by atoms with Crippen molar-refractivity contribution in [2.75, 3.05) is 19.7 Å². The summed E-state index contributed by atoms with van der Waals surface area (Å²) in [6, 6.07) is 9.75. The van der Waals surface area contributed by atoms with E-state index in [2.05, 4.69) is 10.6 Å². The van der Waals surface area contributed by atoms with Gasteiger partial charge in [-0.25, -0.2) is 0 Å². The molecule has 1 atom stereocenters. The molecule has 2 amide bonds. The van der Waals surface area contributed by atoms with Crippen LogP contribution in [0.3, 0.4) is 0 Å². The topological polar surface area (TPSA) is 78.4 Å². The van der Waals surface area contributed by atoms with Crippen LogP contribution in [0.25, 0.3) is 0 Å². The van der Waals surface area contributed by atoms with E-state index >= 15 is 0 Å². The van der Waals surface area contributed by atoms with Crippen LogP contribution in [0.4, 0.5) is 0 Å². The second-order valence-electron chi connectivity index (χ2n) is 4.55. The number of benzene rings is 1. The first-order chi connectivity index (χ1) is 9.67. The highest BCUT2D eigenvalue weighted by molar-refractivity contribution is 5.84. The molecule has 1 unspecified atom stereocenters. The Morgan fingerprint density at radius 2 is 1.85 bits per heavy atom. The Bertz CT molecular complexity index is 420. The predicted octanol–water partition coefficient (Wildman–Crippen LogP) is 0.795. The number of nitrogens with one attached hydrogen (secondary N) is 2. The summed E-state index contributed by atoms with van der Waals surface area (Å²) in [5.41, 5.74) is 1.08. The maximum Gasteiger partial charge on any atom is 0.239 e. The molecule has 0 aliphatic rings. The summed E-state index contributed by atoms with van der Waals surface area (Å²) in [6.45, 7) is 2.25. The van der Waals surface area contributed by atoms with E-state index in [0.717, 1.165) is 5.56 Å². The van der Waals surface area contributed by atoms with Crippen LogP contribution in [0.2, 0.25) is 0 Å².